The highest BCUT2D eigenvalue weighted by Gasteiger charge is 2.12. The average Bonchev–Trinajstić information content (AvgIpc) is 2.21. The van der Waals surface area contributed by atoms with Crippen molar-refractivity contribution in [1.29, 1.82) is 0 Å². The van der Waals surface area contributed by atoms with Crippen molar-refractivity contribution in [2.24, 2.45) is 5.73 Å². The van der Waals surface area contributed by atoms with Gasteiger partial charge in [-0.25, -0.2) is 0 Å². The molecule has 1 atom stereocenters. The van der Waals surface area contributed by atoms with Gasteiger partial charge in [0.05, 0.1) is 0 Å². The van der Waals surface area contributed by atoms with Crippen molar-refractivity contribution in [2.45, 2.75) is 32.4 Å². The minimum absolute atomic E-state index is 0.0469. The van der Waals surface area contributed by atoms with Crippen molar-refractivity contribution in [1.82, 2.24) is 0 Å². The molecule has 0 aliphatic rings. The van der Waals surface area contributed by atoms with E-state index in [9.17, 15) is 8.78 Å². The lowest BCUT2D eigenvalue weighted by Crippen LogP contribution is -2.22. The zero-order valence-corrected chi connectivity index (χ0v) is 10.5. The Bertz CT molecular complexity index is 347. The highest BCUT2D eigenvalue weighted by atomic mass is 79.9. The number of rotatable bonds is 5. The van der Waals surface area contributed by atoms with Crippen LogP contribution in [0.1, 0.15) is 18.9 Å². The summed E-state index contributed by atoms with van der Waals surface area (Å²) in [5.41, 5.74) is 6.49. The highest BCUT2D eigenvalue weighted by Crippen LogP contribution is 2.26. The van der Waals surface area contributed by atoms with Crippen LogP contribution in [0.15, 0.2) is 22.7 Å². The molecule has 5 heteroatoms. The van der Waals surface area contributed by atoms with Gasteiger partial charge >= 0.3 is 6.61 Å². The van der Waals surface area contributed by atoms with Crippen LogP contribution < -0.4 is 10.5 Å². The number of benzene rings is 1. The van der Waals surface area contributed by atoms with Crippen molar-refractivity contribution >= 4 is 15.9 Å². The third kappa shape index (κ3) is 4.06. The zero-order valence-electron chi connectivity index (χ0n) is 8.92. The molecular weight excluding hydrogens is 280 g/mol. The quantitative estimate of drug-likeness (QED) is 0.904. The smallest absolute Gasteiger partial charge is 0.387 e. The van der Waals surface area contributed by atoms with E-state index in [1.807, 2.05) is 6.92 Å². The first kappa shape index (κ1) is 13.4. The third-order valence-electron chi connectivity index (χ3n) is 2.25. The Kier molecular flexibility index (Phi) is 5.15. The van der Waals surface area contributed by atoms with Crippen LogP contribution in [0.25, 0.3) is 0 Å². The minimum atomic E-state index is -2.81. The largest absolute Gasteiger partial charge is 0.435 e. The molecule has 0 aliphatic heterocycles. The van der Waals surface area contributed by atoms with Gasteiger partial charge < -0.3 is 10.5 Å². The second-order valence-corrected chi connectivity index (χ2v) is 4.42. The maximum absolute atomic E-state index is 12.2. The van der Waals surface area contributed by atoms with Crippen LogP contribution in [0.2, 0.25) is 0 Å². The van der Waals surface area contributed by atoms with Gasteiger partial charge in [-0.05, 0) is 36.6 Å². The minimum Gasteiger partial charge on any atom is -0.435 e. The zero-order chi connectivity index (χ0) is 12.1. The Morgan fingerprint density at radius 1 is 1.44 bits per heavy atom. The lowest BCUT2D eigenvalue weighted by atomic mass is 10.0. The lowest BCUT2D eigenvalue weighted by Gasteiger charge is -2.14. The van der Waals surface area contributed by atoms with E-state index in [-0.39, 0.29) is 11.8 Å². The van der Waals surface area contributed by atoms with Crippen LogP contribution in [0.4, 0.5) is 8.78 Å². The molecule has 16 heavy (non-hydrogen) atoms. The molecule has 1 aromatic rings. The second-order valence-electron chi connectivity index (χ2n) is 3.50. The summed E-state index contributed by atoms with van der Waals surface area (Å²) >= 11 is 3.29. The predicted molar refractivity (Wildman–Crippen MR) is 62.7 cm³/mol. The molecule has 0 radical (unpaired) electrons. The summed E-state index contributed by atoms with van der Waals surface area (Å²) in [6, 6.07) is 4.90. The van der Waals surface area contributed by atoms with Crippen molar-refractivity contribution in [2.75, 3.05) is 0 Å². The van der Waals surface area contributed by atoms with Crippen molar-refractivity contribution < 1.29 is 13.5 Å². The first-order valence-corrected chi connectivity index (χ1v) is 5.81. The summed E-state index contributed by atoms with van der Waals surface area (Å²) in [5.74, 6) is 0.196. The van der Waals surface area contributed by atoms with E-state index >= 15 is 0 Å². The van der Waals surface area contributed by atoms with Gasteiger partial charge in [0.1, 0.15) is 5.75 Å². The fourth-order valence-electron chi connectivity index (χ4n) is 1.35. The SMILES string of the molecule is CCC(N)Cc1cc(Br)ccc1OC(F)F. The number of halogens is 3. The number of alkyl halides is 2. The molecule has 0 spiro atoms. The molecular formula is C11H14BrF2NO. The van der Waals surface area contributed by atoms with Crippen molar-refractivity contribution in [3.63, 3.8) is 0 Å². The molecule has 0 aromatic heterocycles. The van der Waals surface area contributed by atoms with Gasteiger partial charge in [0.25, 0.3) is 0 Å². The van der Waals surface area contributed by atoms with Gasteiger partial charge in [0.2, 0.25) is 0 Å². The third-order valence-corrected chi connectivity index (χ3v) is 2.74. The monoisotopic (exact) mass is 293 g/mol. The van der Waals surface area contributed by atoms with Gasteiger partial charge in [0.15, 0.2) is 0 Å². The molecule has 0 bridgehead atoms. The van der Waals surface area contributed by atoms with Crippen LogP contribution in [0.5, 0.6) is 5.75 Å². The normalized spacial score (nSPS) is 12.9. The van der Waals surface area contributed by atoms with Crippen LogP contribution >= 0.6 is 15.9 Å². The topological polar surface area (TPSA) is 35.2 Å². The molecule has 1 rings (SSSR count). The molecule has 1 unspecified atom stereocenters. The fraction of sp³-hybridized carbons (Fsp3) is 0.455. The summed E-state index contributed by atoms with van der Waals surface area (Å²) in [6.07, 6.45) is 1.32. The molecule has 0 saturated heterocycles. The van der Waals surface area contributed by atoms with Crippen LogP contribution in [0, 0.1) is 0 Å². The van der Waals surface area contributed by atoms with Gasteiger partial charge in [-0.2, -0.15) is 8.78 Å². The summed E-state index contributed by atoms with van der Waals surface area (Å²) < 4.78 is 29.6. The first-order chi connectivity index (χ1) is 7.52. The van der Waals surface area contributed by atoms with E-state index in [4.69, 9.17) is 5.73 Å². The summed E-state index contributed by atoms with van der Waals surface area (Å²) in [4.78, 5) is 0. The van der Waals surface area contributed by atoms with Crippen LogP contribution in [-0.4, -0.2) is 12.7 Å². The maximum Gasteiger partial charge on any atom is 0.387 e. The molecule has 0 amide bonds. The molecule has 2 N–H and O–H groups in total. The Morgan fingerprint density at radius 3 is 2.69 bits per heavy atom. The van der Waals surface area contributed by atoms with Crippen LogP contribution in [-0.2, 0) is 6.42 Å². The molecule has 90 valence electrons. The van der Waals surface area contributed by atoms with E-state index in [0.29, 0.717) is 12.0 Å². The predicted octanol–water partition coefficient (Wildman–Crippen LogP) is 3.33. The number of nitrogens with two attached hydrogens (primary N) is 1. The molecule has 0 heterocycles. The Labute approximate surface area is 102 Å². The van der Waals surface area contributed by atoms with Gasteiger partial charge in [-0.1, -0.05) is 22.9 Å². The fourth-order valence-corrected chi connectivity index (χ4v) is 1.75. The average molecular weight is 294 g/mol. The Hall–Kier alpha value is -0.680. The van der Waals surface area contributed by atoms with Gasteiger partial charge in [-0.15, -0.1) is 0 Å². The van der Waals surface area contributed by atoms with E-state index in [0.717, 1.165) is 10.9 Å². The first-order valence-electron chi connectivity index (χ1n) is 5.01. The highest BCUT2D eigenvalue weighted by molar-refractivity contribution is 9.10. The summed E-state index contributed by atoms with van der Waals surface area (Å²) in [5, 5.41) is 0. The van der Waals surface area contributed by atoms with Crippen molar-refractivity contribution in [3.8, 4) is 5.75 Å². The van der Waals surface area contributed by atoms with E-state index in [1.54, 1.807) is 12.1 Å². The summed E-state index contributed by atoms with van der Waals surface area (Å²) in [7, 11) is 0. The second kappa shape index (κ2) is 6.15. The van der Waals surface area contributed by atoms with E-state index in [2.05, 4.69) is 20.7 Å². The van der Waals surface area contributed by atoms with Crippen molar-refractivity contribution in [3.05, 3.63) is 28.2 Å². The number of ether oxygens (including phenoxy) is 1. The summed E-state index contributed by atoms with van der Waals surface area (Å²) in [6.45, 7) is -0.853. The maximum atomic E-state index is 12.2. The Morgan fingerprint density at radius 2 is 2.12 bits per heavy atom. The molecule has 0 saturated carbocycles. The standard InChI is InChI=1S/C11H14BrF2NO/c1-2-9(15)6-7-5-8(12)3-4-10(7)16-11(13)14/h3-5,9,11H,2,6,15H2,1H3. The number of hydrogen-bond donors (Lipinski definition) is 1. The van der Waals surface area contributed by atoms with Gasteiger partial charge in [-0.3, -0.25) is 0 Å². The van der Waals surface area contributed by atoms with E-state index in [1.165, 1.54) is 6.07 Å². The molecule has 2 nitrogen and oxygen atoms in total. The molecule has 0 fully saturated rings. The number of hydrogen-bond acceptors (Lipinski definition) is 2. The Balaban J connectivity index is 2.89. The molecule has 1 aromatic carbocycles. The van der Waals surface area contributed by atoms with E-state index < -0.39 is 6.61 Å². The van der Waals surface area contributed by atoms with Gasteiger partial charge in [0, 0.05) is 10.5 Å². The molecule has 0 aliphatic carbocycles. The lowest BCUT2D eigenvalue weighted by molar-refractivity contribution is -0.0505. The van der Waals surface area contributed by atoms with Crippen LogP contribution in [0.3, 0.4) is 0 Å².